The first-order valence-electron chi connectivity index (χ1n) is 7.20. The van der Waals surface area contributed by atoms with Crippen LogP contribution in [0.2, 0.25) is 0 Å². The summed E-state index contributed by atoms with van der Waals surface area (Å²) in [5.41, 5.74) is 9.56. The topological polar surface area (TPSA) is 51.8 Å². The molecule has 3 atom stereocenters. The quantitative estimate of drug-likeness (QED) is 0.894. The van der Waals surface area contributed by atoms with Crippen LogP contribution in [0, 0.1) is 11.8 Å². The molecule has 0 bridgehead atoms. The fourth-order valence-electron chi connectivity index (χ4n) is 3.27. The third-order valence-electron chi connectivity index (χ3n) is 4.36. The van der Waals surface area contributed by atoms with Gasteiger partial charge in [-0.15, -0.1) is 0 Å². The predicted molar refractivity (Wildman–Crippen MR) is 77.6 cm³/mol. The van der Waals surface area contributed by atoms with Gasteiger partial charge in [-0.2, -0.15) is 0 Å². The van der Waals surface area contributed by atoms with Crippen LogP contribution in [0.25, 0.3) is 11.0 Å². The minimum atomic E-state index is 0.133. The highest BCUT2D eigenvalue weighted by atomic mass is 14.8. The van der Waals surface area contributed by atoms with Gasteiger partial charge >= 0.3 is 0 Å². The first kappa shape index (κ1) is 12.5. The lowest BCUT2D eigenvalue weighted by molar-refractivity contribution is 0.248. The highest BCUT2D eigenvalue weighted by Gasteiger charge is 2.25. The van der Waals surface area contributed by atoms with Gasteiger partial charge in [0.2, 0.25) is 0 Å². The molecular formula is C16H21N3. The van der Waals surface area contributed by atoms with Crippen LogP contribution in [0.4, 0.5) is 0 Å². The lowest BCUT2D eigenvalue weighted by Gasteiger charge is -2.31. The molecular weight excluding hydrogens is 234 g/mol. The van der Waals surface area contributed by atoms with Gasteiger partial charge in [0.15, 0.2) is 0 Å². The van der Waals surface area contributed by atoms with Crippen molar-refractivity contribution in [3.63, 3.8) is 0 Å². The van der Waals surface area contributed by atoms with Crippen molar-refractivity contribution in [3.05, 3.63) is 36.2 Å². The maximum Gasteiger partial charge on any atom is 0.0890 e. The molecule has 0 spiro atoms. The maximum atomic E-state index is 6.47. The number of fused-ring (bicyclic) bond motifs is 1. The third-order valence-corrected chi connectivity index (χ3v) is 4.36. The minimum absolute atomic E-state index is 0.133. The summed E-state index contributed by atoms with van der Waals surface area (Å²) in [6, 6.07) is 6.38. The summed E-state index contributed by atoms with van der Waals surface area (Å²) in [6.07, 6.45) is 8.63. The molecule has 3 heteroatoms. The molecule has 2 N–H and O–H groups in total. The molecule has 1 heterocycles. The molecule has 3 rings (SSSR count). The Morgan fingerprint density at radius 3 is 2.74 bits per heavy atom. The number of benzene rings is 1. The van der Waals surface area contributed by atoms with E-state index < -0.39 is 0 Å². The van der Waals surface area contributed by atoms with Crippen molar-refractivity contribution in [1.29, 1.82) is 0 Å². The maximum absolute atomic E-state index is 6.47. The minimum Gasteiger partial charge on any atom is -0.324 e. The van der Waals surface area contributed by atoms with Crippen molar-refractivity contribution in [2.24, 2.45) is 17.6 Å². The molecule has 3 nitrogen and oxygen atoms in total. The molecule has 1 aromatic heterocycles. The van der Waals surface area contributed by atoms with Crippen LogP contribution in [-0.4, -0.2) is 9.97 Å². The monoisotopic (exact) mass is 255 g/mol. The molecule has 1 fully saturated rings. The van der Waals surface area contributed by atoms with Crippen molar-refractivity contribution < 1.29 is 0 Å². The molecule has 0 saturated heterocycles. The summed E-state index contributed by atoms with van der Waals surface area (Å²) >= 11 is 0. The van der Waals surface area contributed by atoms with E-state index in [1.807, 2.05) is 6.07 Å². The van der Waals surface area contributed by atoms with Crippen molar-refractivity contribution >= 4 is 11.0 Å². The fraction of sp³-hybridized carbons (Fsp3) is 0.500. The fourth-order valence-corrected chi connectivity index (χ4v) is 3.27. The van der Waals surface area contributed by atoms with E-state index in [0.29, 0.717) is 5.92 Å². The molecule has 19 heavy (non-hydrogen) atoms. The normalized spacial score (nSPS) is 25.4. The van der Waals surface area contributed by atoms with Crippen molar-refractivity contribution in [1.82, 2.24) is 9.97 Å². The number of nitrogens with two attached hydrogens (primary N) is 1. The zero-order valence-electron chi connectivity index (χ0n) is 11.4. The molecule has 1 aliphatic rings. The van der Waals surface area contributed by atoms with E-state index in [4.69, 9.17) is 5.73 Å². The number of hydrogen-bond acceptors (Lipinski definition) is 3. The lowest BCUT2D eigenvalue weighted by atomic mass is 9.77. The number of nitrogens with zero attached hydrogens (tertiary/aromatic N) is 2. The molecule has 100 valence electrons. The zero-order valence-corrected chi connectivity index (χ0v) is 11.4. The van der Waals surface area contributed by atoms with E-state index in [0.717, 1.165) is 17.0 Å². The van der Waals surface area contributed by atoms with E-state index in [1.165, 1.54) is 31.2 Å². The van der Waals surface area contributed by atoms with Crippen LogP contribution in [0.5, 0.6) is 0 Å². The Hall–Kier alpha value is -1.48. The molecule has 1 aliphatic carbocycles. The van der Waals surface area contributed by atoms with E-state index in [9.17, 15) is 0 Å². The van der Waals surface area contributed by atoms with Crippen LogP contribution in [-0.2, 0) is 0 Å². The first-order valence-corrected chi connectivity index (χ1v) is 7.20. The summed E-state index contributed by atoms with van der Waals surface area (Å²) in [5.74, 6) is 1.42. The Bertz CT molecular complexity index is 567. The van der Waals surface area contributed by atoms with Crippen LogP contribution < -0.4 is 5.73 Å². The summed E-state index contributed by atoms with van der Waals surface area (Å²) in [4.78, 5) is 8.67. The summed E-state index contributed by atoms with van der Waals surface area (Å²) < 4.78 is 0. The second-order valence-corrected chi connectivity index (χ2v) is 5.86. The Labute approximate surface area is 114 Å². The largest absolute Gasteiger partial charge is 0.324 e. The Kier molecular flexibility index (Phi) is 3.47. The highest BCUT2D eigenvalue weighted by molar-refractivity contribution is 5.74. The van der Waals surface area contributed by atoms with Crippen LogP contribution >= 0.6 is 0 Å². The Morgan fingerprint density at radius 2 is 1.95 bits per heavy atom. The molecule has 0 radical (unpaired) electrons. The summed E-state index contributed by atoms with van der Waals surface area (Å²) in [5, 5.41) is 0. The highest BCUT2D eigenvalue weighted by Crippen LogP contribution is 2.36. The van der Waals surface area contributed by atoms with Gasteiger partial charge in [-0.05, 0) is 42.4 Å². The van der Waals surface area contributed by atoms with Crippen molar-refractivity contribution in [3.8, 4) is 0 Å². The van der Waals surface area contributed by atoms with E-state index in [-0.39, 0.29) is 6.04 Å². The van der Waals surface area contributed by atoms with E-state index >= 15 is 0 Å². The standard InChI is InChI=1S/C16H21N3/c1-11-3-2-4-12(9-11)16(17)13-5-6-14-15(10-13)19-8-7-18-14/h5-8,10-12,16H,2-4,9,17H2,1H3. The molecule has 1 saturated carbocycles. The Morgan fingerprint density at radius 1 is 1.16 bits per heavy atom. The number of aromatic nitrogens is 2. The Balaban J connectivity index is 1.86. The van der Waals surface area contributed by atoms with Crippen LogP contribution in [0.15, 0.2) is 30.6 Å². The lowest BCUT2D eigenvalue weighted by Crippen LogP contribution is -2.26. The van der Waals surface area contributed by atoms with Crippen LogP contribution in [0.1, 0.15) is 44.2 Å². The molecule has 2 aromatic rings. The van der Waals surface area contributed by atoms with Gasteiger partial charge in [0.05, 0.1) is 11.0 Å². The van der Waals surface area contributed by atoms with E-state index in [2.05, 4.69) is 29.0 Å². The smallest absolute Gasteiger partial charge is 0.0890 e. The predicted octanol–water partition coefficient (Wildman–Crippen LogP) is 3.46. The second kappa shape index (κ2) is 5.25. The van der Waals surface area contributed by atoms with Gasteiger partial charge in [0, 0.05) is 18.4 Å². The van der Waals surface area contributed by atoms with Gasteiger partial charge < -0.3 is 5.73 Å². The van der Waals surface area contributed by atoms with Crippen molar-refractivity contribution in [2.75, 3.05) is 0 Å². The van der Waals surface area contributed by atoms with Gasteiger partial charge in [-0.25, -0.2) is 0 Å². The van der Waals surface area contributed by atoms with Gasteiger partial charge in [0.25, 0.3) is 0 Å². The summed E-state index contributed by atoms with van der Waals surface area (Å²) in [7, 11) is 0. The molecule has 1 aromatic carbocycles. The van der Waals surface area contributed by atoms with Crippen molar-refractivity contribution in [2.45, 2.75) is 38.6 Å². The van der Waals surface area contributed by atoms with E-state index in [1.54, 1.807) is 12.4 Å². The van der Waals surface area contributed by atoms with Gasteiger partial charge in [-0.1, -0.05) is 25.8 Å². The third kappa shape index (κ3) is 2.61. The molecule has 0 aliphatic heterocycles. The average molecular weight is 255 g/mol. The SMILES string of the molecule is CC1CCCC(C(N)c2ccc3nccnc3c2)C1. The first-order chi connectivity index (χ1) is 9.24. The van der Waals surface area contributed by atoms with Gasteiger partial charge in [0.1, 0.15) is 0 Å². The zero-order chi connectivity index (χ0) is 13.2. The number of hydrogen-bond donors (Lipinski definition) is 1. The summed E-state index contributed by atoms with van der Waals surface area (Å²) in [6.45, 7) is 2.34. The average Bonchev–Trinajstić information content (AvgIpc) is 2.46. The number of rotatable bonds is 2. The van der Waals surface area contributed by atoms with Gasteiger partial charge in [-0.3, -0.25) is 9.97 Å². The molecule has 3 unspecified atom stereocenters. The second-order valence-electron chi connectivity index (χ2n) is 5.86. The molecule has 0 amide bonds. The van der Waals surface area contributed by atoms with Crippen LogP contribution in [0.3, 0.4) is 0 Å².